The van der Waals surface area contributed by atoms with E-state index in [2.05, 4.69) is 61.9 Å². The average Bonchev–Trinajstić information content (AvgIpc) is 1.10. The lowest BCUT2D eigenvalue weighted by Gasteiger charge is -2.23. The quantitative estimate of drug-likeness (QED) is 0.0665. The van der Waals surface area contributed by atoms with Crippen molar-refractivity contribution in [2.75, 3.05) is 31.9 Å². The van der Waals surface area contributed by atoms with Gasteiger partial charge in [0.15, 0.2) is 34.7 Å². The van der Waals surface area contributed by atoms with Gasteiger partial charge in [0.1, 0.15) is 35.0 Å². The first kappa shape index (κ1) is 82.6. The van der Waals surface area contributed by atoms with Crippen LogP contribution in [0, 0.1) is 0 Å². The molecule has 0 radical (unpaired) electrons. The summed E-state index contributed by atoms with van der Waals surface area (Å²) in [6.07, 6.45) is 0. The summed E-state index contributed by atoms with van der Waals surface area (Å²) in [6, 6.07) is 49.5. The maximum Gasteiger partial charge on any atom is 0.281 e. The minimum atomic E-state index is -0.726. The number of aliphatic imine (C=N–C) groups is 6. The van der Waals surface area contributed by atoms with Gasteiger partial charge in [-0.1, -0.05) is 267 Å². The van der Waals surface area contributed by atoms with Crippen molar-refractivity contribution in [2.24, 2.45) is 30.0 Å². The summed E-state index contributed by atoms with van der Waals surface area (Å²) < 4.78 is 0. The molecule has 24 nitrogen and oxygen atoms in total. The molecular weight excluding hydrogens is 1870 g/mol. The van der Waals surface area contributed by atoms with E-state index in [9.17, 15) is 57.5 Å². The van der Waals surface area contributed by atoms with E-state index < -0.39 is 46.8 Å². The Morgan fingerprint density at radius 2 is 0.310 bits per heavy atom. The molecule has 9 aliphatic rings. The third kappa shape index (κ3) is 13.1. The number of hydrogen-bond acceptors (Lipinski definition) is 18. The van der Waals surface area contributed by atoms with Crippen LogP contribution in [-0.2, 0) is 0 Å². The molecule has 12 aromatic rings. The molecule has 6 amide bonds. The number of hydrogen-bond donors (Lipinski definition) is 6. The fraction of sp³-hybridized carbons (Fsp3) is 0. The van der Waals surface area contributed by atoms with Crippen LogP contribution < -0.4 is 31.9 Å². The van der Waals surface area contributed by atoms with Gasteiger partial charge >= 0.3 is 0 Å². The highest BCUT2D eigenvalue weighted by Gasteiger charge is 2.43. The SMILES string of the molecule is O=C1N=C(Nc2cccc3c2C(=O)c2cccc(NC4=NC(=O)c5c(Cl)c(Cl)c(Cl)c(Cl)c54)c2C3=O)c2ccccc21.O=C1N=C(Nc2cccc3c2C(=O)c2cccc(NC4=NC(=O)c5ccccc54)c2C3=O)c2ccccc21.O=C1c2cccc(NC3=NC(=O)c4c(Cl)c(Cl)c(Cl)c(Cl)c43)c2C(=O)c2cccc(NC3=NC(=O)c4c(Cl)c(Cl)c(Cl)c(Cl)c43)c21. The number of halogens is 12. The lowest BCUT2D eigenvalue weighted by atomic mass is 9.82. The summed E-state index contributed by atoms with van der Waals surface area (Å²) in [4.78, 5) is 183. The Morgan fingerprint density at radius 1 is 0.151 bits per heavy atom. The molecule has 0 saturated carbocycles. The molecule has 0 saturated heterocycles. The molecule has 0 atom stereocenters. The van der Waals surface area contributed by atoms with E-state index in [0.717, 1.165) is 0 Å². The summed E-state index contributed by atoms with van der Waals surface area (Å²) in [5.74, 6) is -5.06. The number of carbonyl (C=O) groups excluding carboxylic acids is 12. The van der Waals surface area contributed by atoms with E-state index in [1.54, 1.807) is 152 Å². The summed E-state index contributed by atoms with van der Waals surface area (Å²) >= 11 is 75.2. The molecule has 6 N–H and O–H groups in total. The van der Waals surface area contributed by atoms with Gasteiger partial charge in [0.2, 0.25) is 0 Å². The van der Waals surface area contributed by atoms with Crippen LogP contribution in [0.15, 0.2) is 212 Å². The van der Waals surface area contributed by atoms with Gasteiger partial charge < -0.3 is 31.9 Å². The minimum Gasteiger partial charge on any atom is -0.339 e. The maximum atomic E-state index is 14.0. The second kappa shape index (κ2) is 31.6. The molecule has 3 aliphatic carbocycles. The smallest absolute Gasteiger partial charge is 0.281 e. The van der Waals surface area contributed by atoms with Gasteiger partial charge in [0, 0.05) is 50.1 Å². The molecule has 0 fully saturated rings. The maximum absolute atomic E-state index is 14.0. The largest absolute Gasteiger partial charge is 0.339 e. The van der Waals surface area contributed by atoms with Gasteiger partial charge in [-0.3, -0.25) is 57.5 Å². The number of nitrogens with one attached hydrogen (secondary N) is 6. The number of amidine groups is 6. The van der Waals surface area contributed by atoms with Gasteiger partial charge in [0.05, 0.1) is 178 Å². The lowest BCUT2D eigenvalue weighted by molar-refractivity contribution is 0.0980. The van der Waals surface area contributed by atoms with Crippen LogP contribution in [-0.4, -0.2) is 105 Å². The Labute approximate surface area is 767 Å². The zero-order chi connectivity index (χ0) is 88.3. The Bertz CT molecular complexity index is 7310. The van der Waals surface area contributed by atoms with E-state index in [-0.39, 0.29) is 224 Å². The molecule has 0 unspecified atom stereocenters. The first-order valence-electron chi connectivity index (χ1n) is 36.8. The molecular formula is C90H36Cl12N12O12. The first-order valence-corrected chi connectivity index (χ1v) is 41.4. The fourth-order valence-corrected chi connectivity index (χ4v) is 18.8. The number of ketones is 6. The highest BCUT2D eigenvalue weighted by atomic mass is 35.5. The summed E-state index contributed by atoms with van der Waals surface area (Å²) in [5, 5.41) is 17.1. The van der Waals surface area contributed by atoms with E-state index in [1.165, 1.54) is 30.3 Å². The van der Waals surface area contributed by atoms with E-state index in [0.29, 0.717) is 62.1 Å². The molecule has 126 heavy (non-hydrogen) atoms. The van der Waals surface area contributed by atoms with Crippen molar-refractivity contribution in [1.29, 1.82) is 0 Å². The normalized spacial score (nSPS) is 14.7. The van der Waals surface area contributed by atoms with E-state index in [1.807, 2.05) is 0 Å². The molecule has 0 aromatic heterocycles. The number of carbonyl (C=O) groups is 12. The number of amides is 6. The highest BCUT2D eigenvalue weighted by molar-refractivity contribution is 6.58. The average molecular weight is 1900 g/mol. The monoisotopic (exact) mass is 1900 g/mol. The van der Waals surface area contributed by atoms with Crippen molar-refractivity contribution >= 4 is 278 Å². The van der Waals surface area contributed by atoms with Crippen molar-refractivity contribution < 1.29 is 57.5 Å². The van der Waals surface area contributed by atoms with Crippen molar-refractivity contribution in [2.45, 2.75) is 0 Å². The predicted molar refractivity (Wildman–Crippen MR) is 485 cm³/mol. The van der Waals surface area contributed by atoms with Gasteiger partial charge in [-0.15, -0.1) is 0 Å². The van der Waals surface area contributed by atoms with Gasteiger partial charge in [-0.2, -0.15) is 30.0 Å². The zero-order valence-electron chi connectivity index (χ0n) is 62.4. The zero-order valence-corrected chi connectivity index (χ0v) is 71.5. The van der Waals surface area contributed by atoms with Crippen molar-refractivity contribution in [3.8, 4) is 0 Å². The topological polar surface area (TPSA) is 351 Å². The van der Waals surface area contributed by atoms with Crippen LogP contribution in [0.1, 0.15) is 191 Å². The van der Waals surface area contributed by atoms with Crippen molar-refractivity contribution in [3.05, 3.63) is 376 Å². The molecule has 6 aliphatic heterocycles. The van der Waals surface area contributed by atoms with Crippen LogP contribution in [0.3, 0.4) is 0 Å². The Hall–Kier alpha value is -13.0. The Balaban J connectivity index is 0.000000124. The molecule has 21 rings (SSSR count). The lowest BCUT2D eigenvalue weighted by Crippen LogP contribution is -2.26. The highest BCUT2D eigenvalue weighted by Crippen LogP contribution is 2.50. The summed E-state index contributed by atoms with van der Waals surface area (Å²) in [5.41, 5.74) is 6.49. The fourth-order valence-electron chi connectivity index (χ4n) is 15.8. The second-order valence-electron chi connectivity index (χ2n) is 28.3. The van der Waals surface area contributed by atoms with Crippen molar-refractivity contribution in [1.82, 2.24) is 0 Å². The number of benzene rings is 12. The summed E-state index contributed by atoms with van der Waals surface area (Å²) in [6.45, 7) is 0. The molecule has 612 valence electrons. The van der Waals surface area contributed by atoms with Crippen LogP contribution in [0.25, 0.3) is 0 Å². The molecule has 12 aromatic carbocycles. The minimum absolute atomic E-state index is 0.00194. The number of fused-ring (bicyclic) bond motifs is 12. The van der Waals surface area contributed by atoms with Crippen molar-refractivity contribution in [3.63, 3.8) is 0 Å². The van der Waals surface area contributed by atoms with Crippen LogP contribution in [0.4, 0.5) is 34.1 Å². The van der Waals surface area contributed by atoms with Gasteiger partial charge in [0.25, 0.3) is 35.4 Å². The van der Waals surface area contributed by atoms with Crippen LogP contribution >= 0.6 is 139 Å². The third-order valence-electron chi connectivity index (χ3n) is 21.4. The molecule has 0 bridgehead atoms. The standard InChI is InChI=1S/C30H8Cl8N4O4.C30H12Cl4N4O4.C30H16N4O4/c31-17-13-15(19(33)23(37)21(17)35)29(45)41-27(13)39-9-5-1-3-7-11(9)26(44)8-4-2-6-10(12(8)25(7)43)40-28-14-16(30(46)42-28)20(34)24(38)22(36)18(14)32;31-21-19-20(22(32)24(34)23(21)33)30(42)38-28(19)36-16-10-4-8-14-18(16)26(40)13-7-3-9-15(17(13)25(14)39)35-27-11-5-1-2-6-12(11)29(41)37-27;35-25-20-12-6-14-22(32-28-16-8-2-4-10-18(16)30(38)34-28)24(20)26(36)19-11-5-13-21(23(19)25)31-27-15-7-1-3-9-17(15)29(37)33-27/h1-6H,(H,39,41,45)(H,40,42,46);1-10H,(H,35,37,41)(H,36,38,42);1-14H,(H,31,33,37)(H,32,34,38). The van der Waals surface area contributed by atoms with Gasteiger partial charge in [-0.25, -0.2) is 0 Å². The summed E-state index contributed by atoms with van der Waals surface area (Å²) in [7, 11) is 0. The predicted octanol–water partition coefficient (Wildman–Crippen LogP) is 21.3. The second-order valence-corrected chi connectivity index (χ2v) is 32.9. The van der Waals surface area contributed by atoms with E-state index >= 15 is 0 Å². The Kier molecular flexibility index (Phi) is 20.7. The number of anilines is 6. The van der Waals surface area contributed by atoms with Gasteiger partial charge in [-0.05, 0) is 54.6 Å². The molecule has 0 spiro atoms. The molecule has 36 heteroatoms. The van der Waals surface area contributed by atoms with E-state index in [4.69, 9.17) is 139 Å². The third-order valence-corrected chi connectivity index (χ3v) is 26.8. The Morgan fingerprint density at radius 3 is 0.508 bits per heavy atom. The first-order chi connectivity index (χ1) is 60.5. The number of nitrogens with zero attached hydrogens (tertiary/aromatic N) is 6. The van der Waals surface area contributed by atoms with Crippen LogP contribution in [0.2, 0.25) is 60.3 Å². The number of rotatable bonds is 6. The molecule has 6 heterocycles. The van der Waals surface area contributed by atoms with Crippen LogP contribution in [0.5, 0.6) is 0 Å².